The second-order valence-electron chi connectivity index (χ2n) is 5.30. The molecular formula is C15H22BrNO2. The number of hydrogen-bond acceptors (Lipinski definition) is 3. The predicted octanol–water partition coefficient (Wildman–Crippen LogP) is 2.78. The van der Waals surface area contributed by atoms with E-state index in [-0.39, 0.29) is 12.1 Å². The Morgan fingerprint density at radius 3 is 2.74 bits per heavy atom. The Morgan fingerprint density at radius 1 is 1.37 bits per heavy atom. The molecule has 0 aliphatic carbocycles. The Morgan fingerprint density at radius 2 is 2.11 bits per heavy atom. The molecule has 0 unspecified atom stereocenters. The van der Waals surface area contributed by atoms with Crippen LogP contribution in [0.25, 0.3) is 0 Å². The fourth-order valence-corrected chi connectivity index (χ4v) is 2.95. The Balaban J connectivity index is 1.99. The maximum atomic E-state index is 9.27. The van der Waals surface area contributed by atoms with Crippen LogP contribution >= 0.6 is 15.9 Å². The summed E-state index contributed by atoms with van der Waals surface area (Å²) < 4.78 is 6.58. The summed E-state index contributed by atoms with van der Waals surface area (Å²) in [6.07, 6.45) is 2.74. The first-order valence-electron chi connectivity index (χ1n) is 6.84. The molecule has 1 saturated heterocycles. The molecule has 1 aliphatic rings. The maximum Gasteiger partial charge on any atom is 0.0483 e. The molecule has 0 atom stereocenters. The molecule has 0 bridgehead atoms. The minimum absolute atomic E-state index is 0.0321. The molecule has 2 N–H and O–H groups in total. The van der Waals surface area contributed by atoms with Crippen LogP contribution in [0.3, 0.4) is 0 Å². The fraction of sp³-hybridized carbons (Fsp3) is 0.600. The minimum Gasteiger partial charge on any atom is -0.396 e. The van der Waals surface area contributed by atoms with E-state index in [1.165, 1.54) is 11.1 Å². The summed E-state index contributed by atoms with van der Waals surface area (Å²) in [5.41, 5.74) is 2.55. The molecule has 1 aliphatic heterocycles. The van der Waals surface area contributed by atoms with Gasteiger partial charge in [0.1, 0.15) is 0 Å². The van der Waals surface area contributed by atoms with Gasteiger partial charge in [-0.25, -0.2) is 0 Å². The molecule has 106 valence electrons. The molecule has 0 radical (unpaired) electrons. The van der Waals surface area contributed by atoms with Gasteiger partial charge in [-0.05, 0) is 43.4 Å². The van der Waals surface area contributed by atoms with Crippen molar-refractivity contribution in [3.8, 4) is 0 Å². The third-order valence-electron chi connectivity index (χ3n) is 3.94. The number of aliphatic hydroxyl groups excluding tert-OH is 1. The van der Waals surface area contributed by atoms with Crippen LogP contribution in [0.2, 0.25) is 0 Å². The van der Waals surface area contributed by atoms with Crippen molar-refractivity contribution in [1.29, 1.82) is 0 Å². The van der Waals surface area contributed by atoms with Gasteiger partial charge in [0.25, 0.3) is 0 Å². The van der Waals surface area contributed by atoms with Crippen molar-refractivity contribution >= 4 is 15.9 Å². The average molecular weight is 328 g/mol. The molecule has 0 amide bonds. The van der Waals surface area contributed by atoms with Gasteiger partial charge in [-0.1, -0.05) is 28.1 Å². The molecule has 1 heterocycles. The van der Waals surface area contributed by atoms with E-state index in [0.29, 0.717) is 0 Å². The van der Waals surface area contributed by atoms with Crippen LogP contribution in [0.1, 0.15) is 30.4 Å². The van der Waals surface area contributed by atoms with Crippen LogP contribution in [-0.2, 0) is 11.3 Å². The Labute approximate surface area is 123 Å². The molecule has 19 heavy (non-hydrogen) atoms. The van der Waals surface area contributed by atoms with Crippen LogP contribution < -0.4 is 5.32 Å². The van der Waals surface area contributed by atoms with Gasteiger partial charge >= 0.3 is 0 Å². The minimum atomic E-state index is 0.0321. The summed E-state index contributed by atoms with van der Waals surface area (Å²) in [6, 6.07) is 6.44. The van der Waals surface area contributed by atoms with E-state index in [9.17, 15) is 5.11 Å². The van der Waals surface area contributed by atoms with E-state index in [1.54, 1.807) is 0 Å². The highest BCUT2D eigenvalue weighted by Gasteiger charge is 2.31. The molecule has 4 heteroatoms. The van der Waals surface area contributed by atoms with Gasteiger partial charge in [0.15, 0.2) is 0 Å². The summed E-state index contributed by atoms with van der Waals surface area (Å²) in [7, 11) is 0. The zero-order valence-corrected chi connectivity index (χ0v) is 13.0. The molecule has 3 nitrogen and oxygen atoms in total. The number of ether oxygens (including phenoxy) is 1. The van der Waals surface area contributed by atoms with Crippen molar-refractivity contribution in [3.63, 3.8) is 0 Å². The predicted molar refractivity (Wildman–Crippen MR) is 80.2 cm³/mol. The third kappa shape index (κ3) is 4.02. The number of hydrogen-bond donors (Lipinski definition) is 2. The second kappa shape index (κ2) is 6.84. The quantitative estimate of drug-likeness (QED) is 0.873. The van der Waals surface area contributed by atoms with Crippen molar-refractivity contribution in [3.05, 3.63) is 33.8 Å². The van der Waals surface area contributed by atoms with Gasteiger partial charge in [-0.2, -0.15) is 0 Å². The van der Waals surface area contributed by atoms with Crippen LogP contribution in [-0.4, -0.2) is 30.5 Å². The molecule has 0 spiro atoms. The SMILES string of the molecule is Cc1ccc(CNC2(CCO)CCOCC2)cc1Br. The topological polar surface area (TPSA) is 41.5 Å². The smallest absolute Gasteiger partial charge is 0.0483 e. The van der Waals surface area contributed by atoms with Crippen LogP contribution in [0.15, 0.2) is 22.7 Å². The zero-order chi connectivity index (χ0) is 13.7. The Bertz CT molecular complexity index is 411. The van der Waals surface area contributed by atoms with E-state index < -0.39 is 0 Å². The second-order valence-corrected chi connectivity index (χ2v) is 6.16. The lowest BCUT2D eigenvalue weighted by Crippen LogP contribution is -2.49. The molecule has 1 fully saturated rings. The largest absolute Gasteiger partial charge is 0.396 e. The first kappa shape index (κ1) is 15.0. The summed E-state index contributed by atoms with van der Waals surface area (Å²) in [5, 5.41) is 12.9. The lowest BCUT2D eigenvalue weighted by atomic mass is 9.86. The average Bonchev–Trinajstić information content (AvgIpc) is 2.42. The van der Waals surface area contributed by atoms with E-state index in [1.807, 2.05) is 0 Å². The fourth-order valence-electron chi connectivity index (χ4n) is 2.53. The molecular weight excluding hydrogens is 306 g/mol. The highest BCUT2D eigenvalue weighted by atomic mass is 79.9. The van der Waals surface area contributed by atoms with Gasteiger partial charge in [0, 0.05) is 36.4 Å². The van der Waals surface area contributed by atoms with Gasteiger partial charge in [-0.15, -0.1) is 0 Å². The highest BCUT2D eigenvalue weighted by molar-refractivity contribution is 9.10. The summed E-state index contributed by atoms with van der Waals surface area (Å²) in [4.78, 5) is 0. The monoisotopic (exact) mass is 327 g/mol. The van der Waals surface area contributed by atoms with Crippen molar-refractivity contribution < 1.29 is 9.84 Å². The van der Waals surface area contributed by atoms with E-state index in [2.05, 4.69) is 46.4 Å². The van der Waals surface area contributed by atoms with Crippen LogP contribution in [0.5, 0.6) is 0 Å². The molecule has 0 saturated carbocycles. The Hall–Kier alpha value is -0.420. The zero-order valence-electron chi connectivity index (χ0n) is 11.4. The van der Waals surface area contributed by atoms with Crippen molar-refractivity contribution in [2.24, 2.45) is 0 Å². The van der Waals surface area contributed by atoms with Crippen LogP contribution in [0, 0.1) is 6.92 Å². The lowest BCUT2D eigenvalue weighted by molar-refractivity contribution is 0.0267. The van der Waals surface area contributed by atoms with Gasteiger partial charge in [0.2, 0.25) is 0 Å². The van der Waals surface area contributed by atoms with E-state index in [0.717, 1.165) is 43.5 Å². The number of rotatable bonds is 5. The van der Waals surface area contributed by atoms with Crippen molar-refractivity contribution in [2.75, 3.05) is 19.8 Å². The molecule has 1 aromatic rings. The highest BCUT2D eigenvalue weighted by Crippen LogP contribution is 2.25. The van der Waals surface area contributed by atoms with E-state index in [4.69, 9.17) is 4.74 Å². The summed E-state index contributed by atoms with van der Waals surface area (Å²) in [6.45, 7) is 4.71. The van der Waals surface area contributed by atoms with Crippen molar-refractivity contribution in [1.82, 2.24) is 5.32 Å². The maximum absolute atomic E-state index is 9.27. The third-order valence-corrected chi connectivity index (χ3v) is 4.80. The first-order chi connectivity index (χ1) is 9.15. The number of aryl methyl sites for hydroxylation is 1. The number of benzene rings is 1. The standard InChI is InChI=1S/C15H22BrNO2/c1-12-2-3-13(10-14(12)16)11-17-15(4-7-18)5-8-19-9-6-15/h2-3,10,17-18H,4-9,11H2,1H3. The first-order valence-corrected chi connectivity index (χ1v) is 7.63. The molecule has 0 aromatic heterocycles. The van der Waals surface area contributed by atoms with Crippen LogP contribution in [0.4, 0.5) is 0 Å². The summed E-state index contributed by atoms with van der Waals surface area (Å²) in [5.74, 6) is 0. The lowest BCUT2D eigenvalue weighted by Gasteiger charge is -2.38. The molecule has 1 aromatic carbocycles. The Kier molecular flexibility index (Phi) is 5.39. The molecule has 2 rings (SSSR count). The van der Waals surface area contributed by atoms with E-state index >= 15 is 0 Å². The summed E-state index contributed by atoms with van der Waals surface area (Å²) >= 11 is 3.57. The van der Waals surface area contributed by atoms with Crippen molar-refractivity contribution in [2.45, 2.75) is 38.3 Å². The van der Waals surface area contributed by atoms with Gasteiger partial charge < -0.3 is 15.2 Å². The van der Waals surface area contributed by atoms with Gasteiger partial charge in [-0.3, -0.25) is 0 Å². The number of halogens is 1. The normalized spacial score (nSPS) is 18.5. The van der Waals surface area contributed by atoms with Gasteiger partial charge in [0.05, 0.1) is 0 Å². The number of aliphatic hydroxyl groups is 1. The number of nitrogens with one attached hydrogen (secondary N) is 1.